The maximum absolute atomic E-state index is 13.3. The van der Waals surface area contributed by atoms with E-state index in [1.165, 1.54) is 17.0 Å². The van der Waals surface area contributed by atoms with Crippen LogP contribution in [0.15, 0.2) is 24.3 Å². The first kappa shape index (κ1) is 15.0. The summed E-state index contributed by atoms with van der Waals surface area (Å²) in [5, 5.41) is 0.777. The molecule has 1 fully saturated rings. The van der Waals surface area contributed by atoms with Gasteiger partial charge in [-0.15, -0.1) is 0 Å². The van der Waals surface area contributed by atoms with Crippen molar-refractivity contribution in [2.75, 3.05) is 18.6 Å². The smallest absolute Gasteiger partial charge is 0.270 e. The van der Waals surface area contributed by atoms with Gasteiger partial charge in [0.15, 0.2) is 9.84 Å². The summed E-state index contributed by atoms with van der Waals surface area (Å²) in [5.74, 6) is -0.479. The molecule has 0 bridgehead atoms. The fourth-order valence-corrected chi connectivity index (χ4v) is 4.71. The highest BCUT2D eigenvalue weighted by Crippen LogP contribution is 2.23. The fourth-order valence-electron chi connectivity index (χ4n) is 2.94. The van der Waals surface area contributed by atoms with Crippen LogP contribution in [-0.2, 0) is 16.9 Å². The highest BCUT2D eigenvalue weighted by atomic mass is 32.2. The molecule has 0 N–H and O–H groups in total. The van der Waals surface area contributed by atoms with Crippen LogP contribution in [0.4, 0.5) is 4.39 Å². The number of hydrogen-bond acceptors (Lipinski definition) is 3. The van der Waals surface area contributed by atoms with E-state index in [-0.39, 0.29) is 29.3 Å². The quantitative estimate of drug-likeness (QED) is 0.843. The number of sulfone groups is 1. The van der Waals surface area contributed by atoms with Crippen molar-refractivity contribution in [1.29, 1.82) is 0 Å². The molecular formula is C15H17FN2O3S. The van der Waals surface area contributed by atoms with Crippen LogP contribution in [-0.4, -0.2) is 48.4 Å². The zero-order valence-electron chi connectivity index (χ0n) is 12.4. The Labute approximate surface area is 128 Å². The SMILES string of the molecule is CN(C(=O)c1cc2ccc(F)cc2n1C)C1CCS(=O)(=O)C1. The number of rotatable bonds is 2. The molecule has 2 aromatic rings. The van der Waals surface area contributed by atoms with E-state index in [1.54, 1.807) is 30.8 Å². The lowest BCUT2D eigenvalue weighted by Crippen LogP contribution is -2.38. The van der Waals surface area contributed by atoms with Crippen molar-refractivity contribution in [1.82, 2.24) is 9.47 Å². The van der Waals surface area contributed by atoms with Gasteiger partial charge < -0.3 is 9.47 Å². The van der Waals surface area contributed by atoms with E-state index in [0.29, 0.717) is 17.6 Å². The molecule has 2 heterocycles. The van der Waals surface area contributed by atoms with Crippen molar-refractivity contribution in [3.8, 4) is 0 Å². The molecule has 22 heavy (non-hydrogen) atoms. The molecule has 7 heteroatoms. The summed E-state index contributed by atoms with van der Waals surface area (Å²) in [4.78, 5) is 14.1. The summed E-state index contributed by atoms with van der Waals surface area (Å²) in [6.07, 6.45) is 0.461. The Balaban J connectivity index is 1.94. The first-order valence-electron chi connectivity index (χ1n) is 7.01. The van der Waals surface area contributed by atoms with Gasteiger partial charge in [0.2, 0.25) is 0 Å². The van der Waals surface area contributed by atoms with Crippen molar-refractivity contribution in [3.63, 3.8) is 0 Å². The average Bonchev–Trinajstić information content (AvgIpc) is 2.98. The van der Waals surface area contributed by atoms with Crippen LogP contribution in [0.3, 0.4) is 0 Å². The molecule has 0 radical (unpaired) electrons. The normalized spacial score (nSPS) is 20.4. The molecule has 1 aromatic carbocycles. The average molecular weight is 324 g/mol. The zero-order valence-corrected chi connectivity index (χ0v) is 13.2. The molecule has 1 aromatic heterocycles. The Hall–Kier alpha value is -1.89. The number of fused-ring (bicyclic) bond motifs is 1. The van der Waals surface area contributed by atoms with Gasteiger partial charge in [0.05, 0.1) is 17.0 Å². The molecule has 118 valence electrons. The van der Waals surface area contributed by atoms with Crippen molar-refractivity contribution >= 4 is 26.6 Å². The molecule has 5 nitrogen and oxygen atoms in total. The van der Waals surface area contributed by atoms with E-state index in [4.69, 9.17) is 0 Å². The number of benzene rings is 1. The minimum atomic E-state index is -3.05. The van der Waals surface area contributed by atoms with E-state index in [1.807, 2.05) is 0 Å². The van der Waals surface area contributed by atoms with Crippen LogP contribution in [0.1, 0.15) is 16.9 Å². The highest BCUT2D eigenvalue weighted by molar-refractivity contribution is 7.91. The molecule has 1 saturated heterocycles. The summed E-state index contributed by atoms with van der Waals surface area (Å²) < 4.78 is 38.1. The Morgan fingerprint density at radius 2 is 2.09 bits per heavy atom. The lowest BCUT2D eigenvalue weighted by Gasteiger charge is -2.23. The maximum Gasteiger partial charge on any atom is 0.270 e. The molecule has 1 atom stereocenters. The molecule has 1 amide bonds. The van der Waals surface area contributed by atoms with E-state index in [0.717, 1.165) is 5.39 Å². The Kier molecular flexibility index (Phi) is 3.47. The summed E-state index contributed by atoms with van der Waals surface area (Å²) in [7, 11) is 0.273. The van der Waals surface area contributed by atoms with Gasteiger partial charge in [-0.05, 0) is 30.7 Å². The van der Waals surface area contributed by atoms with Gasteiger partial charge in [-0.25, -0.2) is 12.8 Å². The summed E-state index contributed by atoms with van der Waals surface area (Å²) >= 11 is 0. The third-order valence-electron chi connectivity index (χ3n) is 4.30. The van der Waals surface area contributed by atoms with Gasteiger partial charge in [-0.1, -0.05) is 0 Å². The zero-order chi connectivity index (χ0) is 16.1. The molecule has 1 aliphatic rings. The van der Waals surface area contributed by atoms with Crippen LogP contribution in [0.5, 0.6) is 0 Å². The maximum atomic E-state index is 13.3. The van der Waals surface area contributed by atoms with Gasteiger partial charge in [0.25, 0.3) is 5.91 Å². The van der Waals surface area contributed by atoms with E-state index < -0.39 is 9.84 Å². The molecule has 3 rings (SSSR count). The molecule has 0 aliphatic carbocycles. The van der Waals surface area contributed by atoms with Crippen molar-refractivity contribution < 1.29 is 17.6 Å². The minimum Gasteiger partial charge on any atom is -0.340 e. The summed E-state index contributed by atoms with van der Waals surface area (Å²) in [5.41, 5.74) is 1.06. The number of aryl methyl sites for hydroxylation is 1. The van der Waals surface area contributed by atoms with E-state index in [2.05, 4.69) is 0 Å². The predicted octanol–water partition coefficient (Wildman–Crippen LogP) is 1.58. The lowest BCUT2D eigenvalue weighted by molar-refractivity contribution is 0.0738. The second-order valence-electron chi connectivity index (χ2n) is 5.76. The van der Waals surface area contributed by atoms with Crippen LogP contribution in [0.25, 0.3) is 10.9 Å². The fraction of sp³-hybridized carbons (Fsp3) is 0.400. The molecule has 1 aliphatic heterocycles. The second-order valence-corrected chi connectivity index (χ2v) is 7.99. The first-order valence-corrected chi connectivity index (χ1v) is 8.83. The number of halogens is 1. The Morgan fingerprint density at radius 1 is 1.36 bits per heavy atom. The summed E-state index contributed by atoms with van der Waals surface area (Å²) in [6.45, 7) is 0. The largest absolute Gasteiger partial charge is 0.340 e. The van der Waals surface area contributed by atoms with Gasteiger partial charge >= 0.3 is 0 Å². The third-order valence-corrected chi connectivity index (χ3v) is 6.05. The first-order chi connectivity index (χ1) is 10.3. The van der Waals surface area contributed by atoms with E-state index in [9.17, 15) is 17.6 Å². The van der Waals surface area contributed by atoms with Crippen LogP contribution < -0.4 is 0 Å². The third kappa shape index (κ3) is 2.49. The number of hydrogen-bond donors (Lipinski definition) is 0. The van der Waals surface area contributed by atoms with Gasteiger partial charge in [-0.2, -0.15) is 0 Å². The number of nitrogens with zero attached hydrogens (tertiary/aromatic N) is 2. The second kappa shape index (κ2) is 5.08. The Morgan fingerprint density at radius 3 is 2.73 bits per heavy atom. The van der Waals surface area contributed by atoms with Gasteiger partial charge in [0.1, 0.15) is 11.5 Å². The van der Waals surface area contributed by atoms with E-state index >= 15 is 0 Å². The summed E-state index contributed by atoms with van der Waals surface area (Å²) in [6, 6.07) is 5.77. The highest BCUT2D eigenvalue weighted by Gasteiger charge is 2.33. The van der Waals surface area contributed by atoms with Crippen LogP contribution >= 0.6 is 0 Å². The molecule has 0 spiro atoms. The topological polar surface area (TPSA) is 59.4 Å². The van der Waals surface area contributed by atoms with Crippen molar-refractivity contribution in [2.24, 2.45) is 7.05 Å². The Bertz CT molecular complexity index is 857. The van der Waals surface area contributed by atoms with Crippen LogP contribution in [0.2, 0.25) is 0 Å². The minimum absolute atomic E-state index is 0.00775. The molecule has 1 unspecified atom stereocenters. The van der Waals surface area contributed by atoms with Crippen LogP contribution in [0, 0.1) is 5.82 Å². The monoisotopic (exact) mass is 324 g/mol. The standard InChI is InChI=1S/C15H17FN2O3S/c1-17(12-5-6-22(20,21)9-12)15(19)14-7-10-3-4-11(16)8-13(10)18(14)2/h3-4,7-8,12H,5-6,9H2,1-2H3. The number of carbonyl (C=O) groups is 1. The number of amides is 1. The number of aromatic nitrogens is 1. The molecule has 0 saturated carbocycles. The van der Waals surface area contributed by atoms with Gasteiger partial charge in [0, 0.05) is 25.5 Å². The molecular weight excluding hydrogens is 307 g/mol. The lowest BCUT2D eigenvalue weighted by atomic mass is 10.2. The number of carbonyl (C=O) groups excluding carboxylic acids is 1. The van der Waals surface area contributed by atoms with Gasteiger partial charge in [-0.3, -0.25) is 4.79 Å². The predicted molar refractivity (Wildman–Crippen MR) is 82.0 cm³/mol. The van der Waals surface area contributed by atoms with Crippen molar-refractivity contribution in [2.45, 2.75) is 12.5 Å². The van der Waals surface area contributed by atoms with Crippen molar-refractivity contribution in [3.05, 3.63) is 35.8 Å².